The molecule has 2 unspecified atom stereocenters. The number of fused-ring (bicyclic) bond motifs is 1. The molecule has 0 aromatic heterocycles. The van der Waals surface area contributed by atoms with Crippen LogP contribution >= 0.6 is 0 Å². The maximum Gasteiger partial charge on any atom is 0.318 e. The zero-order valence-corrected chi connectivity index (χ0v) is 17.0. The van der Waals surface area contributed by atoms with Gasteiger partial charge in [-0.05, 0) is 62.1 Å². The molecule has 0 aliphatic carbocycles. The molecule has 1 fully saturated rings. The van der Waals surface area contributed by atoms with Gasteiger partial charge in [-0.3, -0.25) is 0 Å². The molecule has 6 nitrogen and oxygen atoms in total. The predicted molar refractivity (Wildman–Crippen MR) is 111 cm³/mol. The van der Waals surface area contributed by atoms with E-state index in [9.17, 15) is 4.79 Å². The number of carbonyl (C=O) groups is 1. The van der Waals surface area contributed by atoms with Gasteiger partial charge in [0.1, 0.15) is 19.0 Å². The first-order valence-corrected chi connectivity index (χ1v) is 10.3. The molecule has 154 valence electrons. The maximum absolute atomic E-state index is 13.0. The minimum atomic E-state index is -0.125. The summed E-state index contributed by atoms with van der Waals surface area (Å²) in [5.74, 6) is 2.36. The molecule has 2 aromatic carbocycles. The molecule has 2 aliphatic heterocycles. The van der Waals surface area contributed by atoms with Crippen LogP contribution in [0.25, 0.3) is 0 Å². The van der Waals surface area contributed by atoms with Crippen molar-refractivity contribution >= 4 is 6.03 Å². The number of carbonyl (C=O) groups excluding carboxylic acids is 1. The Morgan fingerprint density at radius 3 is 2.69 bits per heavy atom. The quantitative estimate of drug-likeness (QED) is 0.810. The van der Waals surface area contributed by atoms with Crippen molar-refractivity contribution in [2.45, 2.75) is 38.8 Å². The Morgan fingerprint density at radius 1 is 1.17 bits per heavy atom. The average molecular weight is 396 g/mol. The molecule has 0 saturated carbocycles. The molecule has 2 heterocycles. The van der Waals surface area contributed by atoms with Crippen LogP contribution in [0.3, 0.4) is 0 Å². The van der Waals surface area contributed by atoms with E-state index in [1.807, 2.05) is 49.1 Å². The lowest BCUT2D eigenvalue weighted by atomic mass is 10.0. The van der Waals surface area contributed by atoms with E-state index in [4.69, 9.17) is 14.2 Å². The van der Waals surface area contributed by atoms with Gasteiger partial charge in [0.05, 0.1) is 18.7 Å². The predicted octanol–water partition coefficient (Wildman–Crippen LogP) is 4.46. The number of urea groups is 1. The number of benzene rings is 2. The number of rotatable bonds is 5. The van der Waals surface area contributed by atoms with Crippen LogP contribution in [0.4, 0.5) is 4.79 Å². The Kier molecular flexibility index (Phi) is 5.79. The van der Waals surface area contributed by atoms with E-state index < -0.39 is 0 Å². The SMILES string of the molecule is CCOc1ccc(C2CCCN2C(=O)NC(C)c2ccc3c(c2)OCCO3)cc1. The zero-order chi connectivity index (χ0) is 20.2. The fraction of sp³-hybridized carbons (Fsp3) is 0.435. The number of hydrogen-bond donors (Lipinski definition) is 1. The number of nitrogens with one attached hydrogen (secondary N) is 1. The molecule has 2 aliphatic rings. The Balaban J connectivity index is 1.43. The molecule has 0 radical (unpaired) electrons. The average Bonchev–Trinajstić information content (AvgIpc) is 3.24. The van der Waals surface area contributed by atoms with E-state index in [-0.39, 0.29) is 18.1 Å². The van der Waals surface area contributed by atoms with Crippen molar-refractivity contribution in [3.05, 3.63) is 53.6 Å². The fourth-order valence-corrected chi connectivity index (χ4v) is 3.99. The van der Waals surface area contributed by atoms with Crippen molar-refractivity contribution in [2.75, 3.05) is 26.4 Å². The molecule has 6 heteroatoms. The summed E-state index contributed by atoms with van der Waals surface area (Å²) in [5.41, 5.74) is 2.15. The highest BCUT2D eigenvalue weighted by Crippen LogP contribution is 2.34. The van der Waals surface area contributed by atoms with E-state index in [1.54, 1.807) is 0 Å². The van der Waals surface area contributed by atoms with Gasteiger partial charge in [0.15, 0.2) is 11.5 Å². The van der Waals surface area contributed by atoms with Crippen LogP contribution in [-0.2, 0) is 0 Å². The third-order valence-corrected chi connectivity index (χ3v) is 5.50. The lowest BCUT2D eigenvalue weighted by Gasteiger charge is -2.28. The molecule has 0 spiro atoms. The van der Waals surface area contributed by atoms with Gasteiger partial charge in [0, 0.05) is 6.54 Å². The molecular weight excluding hydrogens is 368 g/mol. The van der Waals surface area contributed by atoms with Crippen molar-refractivity contribution in [3.63, 3.8) is 0 Å². The van der Waals surface area contributed by atoms with E-state index in [2.05, 4.69) is 17.4 Å². The van der Waals surface area contributed by atoms with E-state index in [0.717, 1.165) is 47.8 Å². The highest BCUT2D eigenvalue weighted by Gasteiger charge is 2.30. The Morgan fingerprint density at radius 2 is 1.93 bits per heavy atom. The topological polar surface area (TPSA) is 60.0 Å². The lowest BCUT2D eigenvalue weighted by molar-refractivity contribution is 0.171. The molecule has 1 N–H and O–H groups in total. The van der Waals surface area contributed by atoms with E-state index >= 15 is 0 Å². The second-order valence-electron chi connectivity index (χ2n) is 7.43. The van der Waals surface area contributed by atoms with Crippen LogP contribution in [0.1, 0.15) is 49.9 Å². The van der Waals surface area contributed by atoms with Gasteiger partial charge in [0.25, 0.3) is 0 Å². The lowest BCUT2D eigenvalue weighted by Crippen LogP contribution is -2.40. The van der Waals surface area contributed by atoms with Crippen LogP contribution in [-0.4, -0.2) is 37.3 Å². The van der Waals surface area contributed by atoms with Crippen LogP contribution in [0, 0.1) is 0 Å². The van der Waals surface area contributed by atoms with Crippen molar-refractivity contribution < 1.29 is 19.0 Å². The first kappa shape index (κ1) is 19.4. The van der Waals surface area contributed by atoms with Gasteiger partial charge in [-0.2, -0.15) is 0 Å². The summed E-state index contributed by atoms with van der Waals surface area (Å²) in [4.78, 5) is 14.9. The summed E-state index contributed by atoms with van der Waals surface area (Å²) in [7, 11) is 0. The molecule has 4 rings (SSSR count). The van der Waals surface area contributed by atoms with Gasteiger partial charge in [0.2, 0.25) is 0 Å². The minimum absolute atomic E-state index is 0.0382. The van der Waals surface area contributed by atoms with Crippen LogP contribution < -0.4 is 19.5 Å². The number of likely N-dealkylation sites (tertiary alicyclic amines) is 1. The summed E-state index contributed by atoms with van der Waals surface area (Å²) in [5, 5.41) is 3.14. The van der Waals surface area contributed by atoms with Gasteiger partial charge in [-0.15, -0.1) is 0 Å². The van der Waals surface area contributed by atoms with E-state index in [0.29, 0.717) is 19.8 Å². The summed E-state index contributed by atoms with van der Waals surface area (Å²) >= 11 is 0. The third kappa shape index (κ3) is 4.26. The van der Waals surface area contributed by atoms with Crippen molar-refractivity contribution in [3.8, 4) is 17.2 Å². The van der Waals surface area contributed by atoms with Crippen LogP contribution in [0.2, 0.25) is 0 Å². The van der Waals surface area contributed by atoms with Gasteiger partial charge < -0.3 is 24.4 Å². The molecular formula is C23H28N2O4. The minimum Gasteiger partial charge on any atom is -0.494 e. The first-order chi connectivity index (χ1) is 14.2. The Hall–Kier alpha value is -2.89. The molecule has 0 bridgehead atoms. The summed E-state index contributed by atoms with van der Waals surface area (Å²) in [6, 6.07) is 13.8. The van der Waals surface area contributed by atoms with Crippen molar-refractivity contribution in [2.24, 2.45) is 0 Å². The Labute approximate surface area is 171 Å². The zero-order valence-electron chi connectivity index (χ0n) is 17.0. The van der Waals surface area contributed by atoms with Crippen molar-refractivity contribution in [1.29, 1.82) is 0 Å². The molecule has 2 aromatic rings. The molecule has 2 amide bonds. The van der Waals surface area contributed by atoms with Gasteiger partial charge in [-0.25, -0.2) is 4.79 Å². The smallest absolute Gasteiger partial charge is 0.318 e. The van der Waals surface area contributed by atoms with Crippen LogP contribution in [0.5, 0.6) is 17.2 Å². The fourth-order valence-electron chi connectivity index (χ4n) is 3.99. The summed E-state index contributed by atoms with van der Waals surface area (Å²) < 4.78 is 16.8. The van der Waals surface area contributed by atoms with Crippen LogP contribution in [0.15, 0.2) is 42.5 Å². The summed E-state index contributed by atoms with van der Waals surface area (Å²) in [6.45, 7) is 6.49. The standard InChI is InChI=1S/C23H28N2O4/c1-3-27-19-9-6-17(7-10-19)20-5-4-12-25(20)23(26)24-16(2)18-8-11-21-22(15-18)29-14-13-28-21/h6-11,15-16,20H,3-5,12-14H2,1-2H3,(H,24,26). The Bertz CT molecular complexity index is 852. The highest BCUT2D eigenvalue weighted by atomic mass is 16.6. The highest BCUT2D eigenvalue weighted by molar-refractivity contribution is 5.75. The second-order valence-corrected chi connectivity index (χ2v) is 7.43. The maximum atomic E-state index is 13.0. The molecule has 1 saturated heterocycles. The first-order valence-electron chi connectivity index (χ1n) is 10.3. The second kappa shape index (κ2) is 8.64. The third-order valence-electron chi connectivity index (χ3n) is 5.50. The number of amides is 2. The number of hydrogen-bond acceptors (Lipinski definition) is 4. The summed E-state index contributed by atoms with van der Waals surface area (Å²) in [6.07, 6.45) is 1.98. The molecule has 29 heavy (non-hydrogen) atoms. The number of ether oxygens (including phenoxy) is 3. The van der Waals surface area contributed by atoms with Crippen molar-refractivity contribution in [1.82, 2.24) is 10.2 Å². The molecule has 2 atom stereocenters. The monoisotopic (exact) mass is 396 g/mol. The van der Waals surface area contributed by atoms with Gasteiger partial charge >= 0.3 is 6.03 Å². The van der Waals surface area contributed by atoms with Gasteiger partial charge in [-0.1, -0.05) is 18.2 Å². The number of nitrogens with zero attached hydrogens (tertiary/aromatic N) is 1. The largest absolute Gasteiger partial charge is 0.494 e. The normalized spacial score (nSPS) is 19.0. The van der Waals surface area contributed by atoms with E-state index in [1.165, 1.54) is 0 Å².